The molecular formula is C3H4BrClO2. The summed E-state index contributed by atoms with van der Waals surface area (Å²) in [6, 6.07) is 0. The predicted octanol–water partition coefficient (Wildman–Crippen LogP) is 1.42. The third kappa shape index (κ3) is 2.88. The van der Waals surface area contributed by atoms with Crippen LogP contribution in [0, 0.1) is 0 Å². The van der Waals surface area contributed by atoms with Crippen LogP contribution < -0.4 is 0 Å². The Hall–Kier alpha value is 0.240. The standard InChI is InChI=1S/C3H4BrClO2/c1-3(4,5)2(6)7/h1H3,(H,6,7). The summed E-state index contributed by atoms with van der Waals surface area (Å²) in [7, 11) is 0. The van der Waals surface area contributed by atoms with E-state index in [4.69, 9.17) is 16.7 Å². The van der Waals surface area contributed by atoms with Gasteiger partial charge in [-0.3, -0.25) is 0 Å². The quantitative estimate of drug-likeness (QED) is 0.631. The van der Waals surface area contributed by atoms with Gasteiger partial charge in [-0.05, 0) is 6.92 Å². The van der Waals surface area contributed by atoms with Crippen molar-refractivity contribution in [1.29, 1.82) is 0 Å². The van der Waals surface area contributed by atoms with Crippen molar-refractivity contribution in [3.05, 3.63) is 0 Å². The smallest absolute Gasteiger partial charge is 0.335 e. The Morgan fingerprint density at radius 1 is 2.00 bits per heavy atom. The highest BCUT2D eigenvalue weighted by Gasteiger charge is 2.25. The second-order valence-electron chi connectivity index (χ2n) is 1.19. The molecule has 1 unspecified atom stereocenters. The summed E-state index contributed by atoms with van der Waals surface area (Å²) in [6.45, 7) is 1.34. The van der Waals surface area contributed by atoms with Crippen molar-refractivity contribution < 1.29 is 9.90 Å². The Bertz CT molecular complexity index is 85.4. The first-order valence-electron chi connectivity index (χ1n) is 1.56. The summed E-state index contributed by atoms with van der Waals surface area (Å²) in [6.07, 6.45) is 0. The fourth-order valence-electron chi connectivity index (χ4n) is 0. The number of alkyl halides is 2. The molecular weight excluding hydrogens is 183 g/mol. The third-order valence-electron chi connectivity index (χ3n) is 0.376. The molecule has 1 N–H and O–H groups in total. The summed E-state index contributed by atoms with van der Waals surface area (Å²) in [5, 5.41) is 8.07. The molecule has 2 nitrogen and oxygen atoms in total. The molecule has 7 heavy (non-hydrogen) atoms. The van der Waals surface area contributed by atoms with Crippen LogP contribution >= 0.6 is 27.5 Å². The molecule has 0 rings (SSSR count). The second kappa shape index (κ2) is 2.01. The van der Waals surface area contributed by atoms with Crippen LogP contribution in [-0.4, -0.2) is 14.9 Å². The minimum absolute atomic E-state index is 1.07. The van der Waals surface area contributed by atoms with E-state index in [9.17, 15) is 4.79 Å². The summed E-state index contributed by atoms with van der Waals surface area (Å²) in [4.78, 5) is 9.84. The number of aliphatic carboxylic acids is 1. The molecule has 4 heteroatoms. The number of carboxylic acids is 1. The van der Waals surface area contributed by atoms with Crippen molar-refractivity contribution in [2.24, 2.45) is 0 Å². The Kier molecular flexibility index (Phi) is 2.08. The molecule has 0 saturated carbocycles. The monoisotopic (exact) mass is 186 g/mol. The van der Waals surface area contributed by atoms with Crippen LogP contribution in [0.1, 0.15) is 6.92 Å². The van der Waals surface area contributed by atoms with Crippen molar-refractivity contribution >= 4 is 33.5 Å². The van der Waals surface area contributed by atoms with Gasteiger partial charge in [-0.15, -0.1) is 0 Å². The van der Waals surface area contributed by atoms with Gasteiger partial charge in [-0.25, -0.2) is 4.79 Å². The van der Waals surface area contributed by atoms with E-state index in [1.54, 1.807) is 0 Å². The van der Waals surface area contributed by atoms with Crippen molar-refractivity contribution in [3.63, 3.8) is 0 Å². The van der Waals surface area contributed by atoms with Crippen LogP contribution in [-0.2, 0) is 4.79 Å². The molecule has 0 spiro atoms. The fraction of sp³-hybridized carbons (Fsp3) is 0.667. The van der Waals surface area contributed by atoms with E-state index in [0.29, 0.717) is 0 Å². The van der Waals surface area contributed by atoms with Crippen molar-refractivity contribution in [1.82, 2.24) is 0 Å². The number of halogens is 2. The van der Waals surface area contributed by atoms with Crippen molar-refractivity contribution in [3.8, 4) is 0 Å². The topological polar surface area (TPSA) is 37.3 Å². The molecule has 1 atom stereocenters. The molecule has 0 fully saturated rings. The van der Waals surface area contributed by atoms with E-state index in [0.717, 1.165) is 0 Å². The Labute approximate surface area is 54.6 Å². The molecule has 0 radical (unpaired) electrons. The molecule has 0 saturated heterocycles. The van der Waals surface area contributed by atoms with Gasteiger partial charge in [0.05, 0.1) is 0 Å². The normalized spacial score (nSPS) is 18.1. The van der Waals surface area contributed by atoms with Gasteiger partial charge in [0, 0.05) is 0 Å². The van der Waals surface area contributed by atoms with Crippen LogP contribution in [0.3, 0.4) is 0 Å². The minimum atomic E-state index is -1.30. The van der Waals surface area contributed by atoms with Gasteiger partial charge in [-0.2, -0.15) is 0 Å². The summed E-state index contributed by atoms with van der Waals surface area (Å²) in [5.41, 5.74) is 0. The lowest BCUT2D eigenvalue weighted by Crippen LogP contribution is -2.19. The molecule has 0 amide bonds. The van der Waals surface area contributed by atoms with Gasteiger partial charge < -0.3 is 5.11 Å². The lowest BCUT2D eigenvalue weighted by atomic mass is 10.5. The minimum Gasteiger partial charge on any atom is -0.479 e. The highest BCUT2D eigenvalue weighted by Crippen LogP contribution is 2.21. The van der Waals surface area contributed by atoms with Gasteiger partial charge >= 0.3 is 5.97 Å². The number of rotatable bonds is 1. The molecule has 0 aliphatic heterocycles. The molecule has 0 aliphatic rings. The zero-order valence-electron chi connectivity index (χ0n) is 3.61. The van der Waals surface area contributed by atoms with E-state index in [-0.39, 0.29) is 0 Å². The average Bonchev–Trinajstić information content (AvgIpc) is 1.31. The summed E-state index contributed by atoms with van der Waals surface area (Å²) < 4.78 is -1.30. The maximum Gasteiger partial charge on any atom is 0.335 e. The average molecular weight is 187 g/mol. The van der Waals surface area contributed by atoms with E-state index in [2.05, 4.69) is 15.9 Å². The lowest BCUT2D eigenvalue weighted by Gasteiger charge is -2.03. The van der Waals surface area contributed by atoms with Crippen LogP contribution in [0.15, 0.2) is 0 Å². The maximum absolute atomic E-state index is 9.84. The Morgan fingerprint density at radius 2 is 2.14 bits per heavy atom. The van der Waals surface area contributed by atoms with Gasteiger partial charge in [0.1, 0.15) is 0 Å². The van der Waals surface area contributed by atoms with E-state index in [1.165, 1.54) is 6.92 Å². The highest BCUT2D eigenvalue weighted by molar-refractivity contribution is 9.10. The van der Waals surface area contributed by atoms with E-state index >= 15 is 0 Å². The second-order valence-corrected chi connectivity index (χ2v) is 3.99. The molecule has 0 aromatic rings. The number of hydrogen-bond acceptors (Lipinski definition) is 1. The molecule has 0 bridgehead atoms. The predicted molar refractivity (Wildman–Crippen MR) is 30.8 cm³/mol. The maximum atomic E-state index is 9.84. The van der Waals surface area contributed by atoms with E-state index in [1.807, 2.05) is 0 Å². The van der Waals surface area contributed by atoms with Crippen molar-refractivity contribution in [2.45, 2.75) is 10.7 Å². The number of carboxylic acid groups (broad SMARTS) is 1. The molecule has 0 aromatic heterocycles. The SMILES string of the molecule is CC(Cl)(Br)C(=O)O. The summed E-state index contributed by atoms with van der Waals surface area (Å²) in [5.74, 6) is -1.07. The van der Waals surface area contributed by atoms with Crippen LogP contribution in [0.25, 0.3) is 0 Å². The van der Waals surface area contributed by atoms with Crippen LogP contribution in [0.2, 0.25) is 0 Å². The van der Waals surface area contributed by atoms with Gasteiger partial charge in [0.15, 0.2) is 3.78 Å². The van der Waals surface area contributed by atoms with Crippen molar-refractivity contribution in [2.75, 3.05) is 0 Å². The number of hydrogen-bond donors (Lipinski definition) is 1. The third-order valence-corrected chi connectivity index (χ3v) is 0.876. The first kappa shape index (κ1) is 7.24. The first-order chi connectivity index (χ1) is 2.94. The fourth-order valence-corrected chi connectivity index (χ4v) is 0. The zero-order valence-corrected chi connectivity index (χ0v) is 5.95. The van der Waals surface area contributed by atoms with Gasteiger partial charge in [-0.1, -0.05) is 27.5 Å². The zero-order chi connectivity index (χ0) is 6.08. The Balaban J connectivity index is 3.79. The molecule has 0 aliphatic carbocycles. The highest BCUT2D eigenvalue weighted by atomic mass is 79.9. The van der Waals surface area contributed by atoms with Crippen LogP contribution in [0.5, 0.6) is 0 Å². The van der Waals surface area contributed by atoms with E-state index < -0.39 is 9.75 Å². The summed E-state index contributed by atoms with van der Waals surface area (Å²) >= 11 is 7.89. The first-order valence-corrected chi connectivity index (χ1v) is 2.73. The molecule has 0 heterocycles. The molecule has 42 valence electrons. The van der Waals surface area contributed by atoms with Crippen LogP contribution in [0.4, 0.5) is 0 Å². The molecule has 0 aromatic carbocycles. The van der Waals surface area contributed by atoms with Gasteiger partial charge in [0.2, 0.25) is 0 Å². The van der Waals surface area contributed by atoms with Gasteiger partial charge in [0.25, 0.3) is 0 Å². The lowest BCUT2D eigenvalue weighted by molar-refractivity contribution is -0.136. The number of carbonyl (C=O) groups is 1. The largest absolute Gasteiger partial charge is 0.479 e. The Morgan fingerprint density at radius 3 is 2.14 bits per heavy atom.